The summed E-state index contributed by atoms with van der Waals surface area (Å²) < 4.78 is 4.50. The van der Waals surface area contributed by atoms with Gasteiger partial charge in [0.15, 0.2) is 0 Å². The van der Waals surface area contributed by atoms with Crippen molar-refractivity contribution in [1.82, 2.24) is 0 Å². The minimum atomic E-state index is -0.739. The molecule has 0 bridgehead atoms. The van der Waals surface area contributed by atoms with Crippen LogP contribution in [0.3, 0.4) is 0 Å². The van der Waals surface area contributed by atoms with Gasteiger partial charge in [0.05, 0.1) is 18.5 Å². The molecule has 0 fully saturated rings. The van der Waals surface area contributed by atoms with Crippen molar-refractivity contribution >= 4 is 23.3 Å². The summed E-state index contributed by atoms with van der Waals surface area (Å²) in [4.78, 5) is 34.1. The number of anilines is 1. The van der Waals surface area contributed by atoms with E-state index in [-0.39, 0.29) is 24.2 Å². The molecule has 1 amide bonds. The highest BCUT2D eigenvalue weighted by Gasteiger charge is 2.19. The molecule has 1 rings (SSSR count). The summed E-state index contributed by atoms with van der Waals surface area (Å²) in [7, 11) is 2.88. The Bertz CT molecular complexity index is 544. The van der Waals surface area contributed by atoms with E-state index in [9.17, 15) is 19.7 Å². The minimum absolute atomic E-state index is 0.0572. The van der Waals surface area contributed by atoms with Crippen molar-refractivity contribution in [2.45, 2.75) is 6.42 Å². The summed E-state index contributed by atoms with van der Waals surface area (Å²) in [5.74, 6) is -1.15. The van der Waals surface area contributed by atoms with Crippen molar-refractivity contribution < 1.29 is 19.2 Å². The fourth-order valence-electron chi connectivity index (χ4n) is 1.63. The monoisotopic (exact) mass is 281 g/mol. The van der Waals surface area contributed by atoms with E-state index >= 15 is 0 Å². The number of methoxy groups -OCH3 is 1. The second-order valence-electron chi connectivity index (χ2n) is 4.07. The van der Waals surface area contributed by atoms with Crippen molar-refractivity contribution in [2.24, 2.45) is 5.73 Å². The number of amides is 1. The van der Waals surface area contributed by atoms with Crippen LogP contribution in [-0.4, -0.2) is 37.5 Å². The lowest BCUT2D eigenvalue weighted by Gasteiger charge is -2.18. The zero-order valence-electron chi connectivity index (χ0n) is 11.2. The molecule has 0 aliphatic heterocycles. The third-order valence-electron chi connectivity index (χ3n) is 2.75. The molecule has 1 aromatic carbocycles. The van der Waals surface area contributed by atoms with E-state index in [0.717, 1.165) is 6.07 Å². The predicted molar refractivity (Wildman–Crippen MR) is 71.5 cm³/mol. The number of nitrogens with zero attached hydrogens (tertiary/aromatic N) is 2. The first-order chi connectivity index (χ1) is 9.36. The number of esters is 1. The third kappa shape index (κ3) is 3.67. The maximum absolute atomic E-state index is 11.1. The van der Waals surface area contributed by atoms with Gasteiger partial charge in [-0.2, -0.15) is 0 Å². The molecule has 8 nitrogen and oxygen atoms in total. The Kier molecular flexibility index (Phi) is 5.01. The van der Waals surface area contributed by atoms with Crippen molar-refractivity contribution in [3.63, 3.8) is 0 Å². The van der Waals surface area contributed by atoms with Crippen LogP contribution < -0.4 is 10.6 Å². The van der Waals surface area contributed by atoms with Crippen molar-refractivity contribution in [3.8, 4) is 0 Å². The molecular formula is C12H15N3O5. The van der Waals surface area contributed by atoms with Gasteiger partial charge in [-0.05, 0) is 12.1 Å². The number of nitrogens with two attached hydrogens (primary N) is 1. The number of ether oxygens (including phenoxy) is 1. The van der Waals surface area contributed by atoms with Gasteiger partial charge >= 0.3 is 5.97 Å². The Balaban J connectivity index is 3.01. The van der Waals surface area contributed by atoms with Gasteiger partial charge in [0.25, 0.3) is 5.69 Å². The zero-order valence-corrected chi connectivity index (χ0v) is 11.2. The van der Waals surface area contributed by atoms with Crippen LogP contribution in [0.4, 0.5) is 11.4 Å². The lowest BCUT2D eigenvalue weighted by Crippen LogP contribution is -2.23. The van der Waals surface area contributed by atoms with Gasteiger partial charge in [-0.1, -0.05) is 0 Å². The largest absolute Gasteiger partial charge is 0.469 e. The number of rotatable bonds is 6. The van der Waals surface area contributed by atoms with E-state index in [0.29, 0.717) is 5.69 Å². The van der Waals surface area contributed by atoms with Gasteiger partial charge < -0.3 is 15.4 Å². The van der Waals surface area contributed by atoms with E-state index in [4.69, 9.17) is 5.73 Å². The molecule has 0 spiro atoms. The van der Waals surface area contributed by atoms with Crippen LogP contribution in [0.15, 0.2) is 18.2 Å². The summed E-state index contributed by atoms with van der Waals surface area (Å²) in [6.07, 6.45) is 0.0989. The summed E-state index contributed by atoms with van der Waals surface area (Å²) in [5, 5.41) is 11.0. The first-order valence-electron chi connectivity index (χ1n) is 5.73. The van der Waals surface area contributed by atoms with Crippen LogP contribution in [0.25, 0.3) is 0 Å². The van der Waals surface area contributed by atoms with Crippen LogP contribution in [0.2, 0.25) is 0 Å². The smallest absolute Gasteiger partial charge is 0.307 e. The van der Waals surface area contributed by atoms with Crippen LogP contribution in [0, 0.1) is 10.1 Å². The number of nitro benzene ring substituents is 1. The highest BCUT2D eigenvalue weighted by Crippen LogP contribution is 2.28. The van der Waals surface area contributed by atoms with E-state index in [2.05, 4.69) is 4.74 Å². The summed E-state index contributed by atoms with van der Waals surface area (Å²) in [6, 6.07) is 3.95. The average molecular weight is 281 g/mol. The minimum Gasteiger partial charge on any atom is -0.469 e. The first kappa shape index (κ1) is 15.4. The van der Waals surface area contributed by atoms with Gasteiger partial charge in [-0.3, -0.25) is 19.7 Å². The number of hydrogen-bond acceptors (Lipinski definition) is 6. The standard InChI is InChI=1S/C12H15N3O5/c1-14(6-5-11(16)20-2)9-4-3-8(12(13)17)7-10(9)15(18)19/h3-4,7H,5-6H2,1-2H3,(H2,13,17). The lowest BCUT2D eigenvalue weighted by molar-refractivity contribution is -0.384. The molecule has 108 valence electrons. The molecule has 20 heavy (non-hydrogen) atoms. The van der Waals surface area contributed by atoms with Gasteiger partial charge in [0.2, 0.25) is 5.91 Å². The van der Waals surface area contributed by atoms with Gasteiger partial charge in [-0.25, -0.2) is 0 Å². The molecule has 0 saturated heterocycles. The quantitative estimate of drug-likeness (QED) is 0.466. The normalized spacial score (nSPS) is 9.90. The lowest BCUT2D eigenvalue weighted by atomic mass is 10.1. The second kappa shape index (κ2) is 6.50. The van der Waals surface area contributed by atoms with Gasteiger partial charge in [0, 0.05) is 25.2 Å². The SMILES string of the molecule is COC(=O)CCN(C)c1ccc(C(N)=O)cc1[N+](=O)[O-]. The topological polar surface area (TPSA) is 116 Å². The van der Waals surface area contributed by atoms with E-state index in [1.165, 1.54) is 19.2 Å². The molecule has 0 atom stereocenters. The van der Waals surface area contributed by atoms with E-state index in [1.807, 2.05) is 0 Å². The summed E-state index contributed by atoms with van der Waals surface area (Å²) >= 11 is 0. The number of carbonyl (C=O) groups excluding carboxylic acids is 2. The highest BCUT2D eigenvalue weighted by molar-refractivity contribution is 5.94. The molecule has 0 heterocycles. The maximum Gasteiger partial charge on any atom is 0.307 e. The van der Waals surface area contributed by atoms with E-state index < -0.39 is 16.8 Å². The Morgan fingerprint density at radius 2 is 2.10 bits per heavy atom. The number of carbonyl (C=O) groups is 2. The molecule has 0 saturated carbocycles. The molecule has 0 aromatic heterocycles. The Morgan fingerprint density at radius 1 is 1.45 bits per heavy atom. The van der Waals surface area contributed by atoms with E-state index in [1.54, 1.807) is 11.9 Å². The van der Waals surface area contributed by atoms with Crippen molar-refractivity contribution in [2.75, 3.05) is 25.6 Å². The van der Waals surface area contributed by atoms with Crippen molar-refractivity contribution in [1.29, 1.82) is 0 Å². The Labute approximate surface area is 115 Å². The number of benzene rings is 1. The summed E-state index contributed by atoms with van der Waals surface area (Å²) in [6.45, 7) is 0.253. The molecule has 0 radical (unpaired) electrons. The fourth-order valence-corrected chi connectivity index (χ4v) is 1.63. The second-order valence-corrected chi connectivity index (χ2v) is 4.07. The van der Waals surface area contributed by atoms with Crippen LogP contribution in [0.1, 0.15) is 16.8 Å². The van der Waals surface area contributed by atoms with Crippen LogP contribution in [0.5, 0.6) is 0 Å². The maximum atomic E-state index is 11.1. The molecule has 0 aliphatic rings. The molecule has 2 N–H and O–H groups in total. The van der Waals surface area contributed by atoms with Crippen molar-refractivity contribution in [3.05, 3.63) is 33.9 Å². The number of primary amides is 1. The molecule has 8 heteroatoms. The number of hydrogen-bond donors (Lipinski definition) is 1. The first-order valence-corrected chi connectivity index (χ1v) is 5.73. The Morgan fingerprint density at radius 3 is 2.60 bits per heavy atom. The average Bonchev–Trinajstić information content (AvgIpc) is 2.43. The molecule has 0 aliphatic carbocycles. The summed E-state index contributed by atoms with van der Waals surface area (Å²) in [5.41, 5.74) is 5.20. The fraction of sp³-hybridized carbons (Fsp3) is 0.333. The Hall–Kier alpha value is -2.64. The van der Waals surface area contributed by atoms with Gasteiger partial charge in [0.1, 0.15) is 5.69 Å². The van der Waals surface area contributed by atoms with Gasteiger partial charge in [-0.15, -0.1) is 0 Å². The molecule has 0 unspecified atom stereocenters. The van der Waals surface area contributed by atoms with Crippen LogP contribution >= 0.6 is 0 Å². The molecular weight excluding hydrogens is 266 g/mol. The number of nitro groups is 1. The molecule has 1 aromatic rings. The zero-order chi connectivity index (χ0) is 15.3. The highest BCUT2D eigenvalue weighted by atomic mass is 16.6. The predicted octanol–water partition coefficient (Wildman–Crippen LogP) is 0.693. The van der Waals surface area contributed by atoms with Crippen LogP contribution in [-0.2, 0) is 9.53 Å². The third-order valence-corrected chi connectivity index (χ3v) is 2.75.